The van der Waals surface area contributed by atoms with Gasteiger partial charge in [0.2, 0.25) is 0 Å². The van der Waals surface area contributed by atoms with E-state index in [2.05, 4.69) is 10.3 Å². The Labute approximate surface area is 94.7 Å². The number of aromatic nitrogens is 1. The Morgan fingerprint density at radius 2 is 2.25 bits per heavy atom. The van der Waals surface area contributed by atoms with Crippen molar-refractivity contribution in [1.29, 1.82) is 0 Å². The fourth-order valence-electron chi connectivity index (χ4n) is 2.48. The van der Waals surface area contributed by atoms with E-state index in [1.54, 1.807) is 24.5 Å². The molecule has 2 fully saturated rings. The lowest BCUT2D eigenvalue weighted by Crippen LogP contribution is -2.62. The largest absolute Gasteiger partial charge is 0.337 e. The normalized spacial score (nSPS) is 28.1. The second kappa shape index (κ2) is 3.87. The summed E-state index contributed by atoms with van der Waals surface area (Å²) in [6, 6.07) is 4.09. The molecular formula is C12H15N3O. The number of carbonyl (C=O) groups is 1. The summed E-state index contributed by atoms with van der Waals surface area (Å²) in [5, 5.41) is 3.38. The molecule has 2 atom stereocenters. The van der Waals surface area contributed by atoms with Gasteiger partial charge in [0.05, 0.1) is 0 Å². The van der Waals surface area contributed by atoms with Crippen LogP contribution in [0.15, 0.2) is 24.5 Å². The summed E-state index contributed by atoms with van der Waals surface area (Å²) in [6.07, 6.45) is 4.47. The molecule has 4 heteroatoms. The minimum absolute atomic E-state index is 0.134. The van der Waals surface area contributed by atoms with Crippen molar-refractivity contribution in [3.63, 3.8) is 0 Å². The number of nitrogens with one attached hydrogen (secondary N) is 1. The molecule has 0 saturated carbocycles. The first kappa shape index (κ1) is 9.78. The van der Waals surface area contributed by atoms with Crippen molar-refractivity contribution >= 4 is 5.91 Å². The molecule has 2 aliphatic rings. The Bertz CT molecular complexity index is 393. The van der Waals surface area contributed by atoms with Crippen LogP contribution in [0.4, 0.5) is 0 Å². The molecule has 0 aliphatic carbocycles. The number of amides is 1. The van der Waals surface area contributed by atoms with Crippen LogP contribution >= 0.6 is 0 Å². The van der Waals surface area contributed by atoms with Gasteiger partial charge in [-0.2, -0.15) is 0 Å². The van der Waals surface area contributed by atoms with Gasteiger partial charge in [-0.25, -0.2) is 0 Å². The molecule has 0 bridgehead atoms. The number of hydrogen-bond donors (Lipinski definition) is 1. The third-order valence-electron chi connectivity index (χ3n) is 3.61. The molecule has 1 N–H and O–H groups in total. The molecule has 84 valence electrons. The van der Waals surface area contributed by atoms with E-state index < -0.39 is 0 Å². The standard InChI is InChI=1S/C12H15N3O/c16-12(9-1-4-13-5-2-9)15-6-3-10-7-14-11(10)8-15/h1-2,4-5,10-11,14H,3,6-8H2. The topological polar surface area (TPSA) is 45.2 Å². The highest BCUT2D eigenvalue weighted by molar-refractivity contribution is 5.94. The van der Waals surface area contributed by atoms with Crippen LogP contribution in [0.3, 0.4) is 0 Å². The van der Waals surface area contributed by atoms with E-state index in [0.29, 0.717) is 6.04 Å². The molecule has 1 aromatic rings. The predicted octanol–water partition coefficient (Wildman–Crippen LogP) is 0.515. The summed E-state index contributed by atoms with van der Waals surface area (Å²) >= 11 is 0. The third-order valence-corrected chi connectivity index (χ3v) is 3.61. The van der Waals surface area contributed by atoms with Crippen LogP contribution < -0.4 is 5.32 Å². The summed E-state index contributed by atoms with van der Waals surface area (Å²) in [5.41, 5.74) is 0.743. The summed E-state index contributed by atoms with van der Waals surface area (Å²) in [4.78, 5) is 18.0. The molecule has 2 aliphatic heterocycles. The van der Waals surface area contributed by atoms with Crippen molar-refractivity contribution in [1.82, 2.24) is 15.2 Å². The fraction of sp³-hybridized carbons (Fsp3) is 0.500. The molecular weight excluding hydrogens is 202 g/mol. The SMILES string of the molecule is O=C(c1ccncc1)N1CCC2CNC2C1. The highest BCUT2D eigenvalue weighted by Crippen LogP contribution is 2.24. The van der Waals surface area contributed by atoms with Crippen molar-refractivity contribution in [2.75, 3.05) is 19.6 Å². The van der Waals surface area contributed by atoms with Crippen LogP contribution in [0.2, 0.25) is 0 Å². The van der Waals surface area contributed by atoms with E-state index in [9.17, 15) is 4.79 Å². The van der Waals surface area contributed by atoms with Crippen LogP contribution in [0.5, 0.6) is 0 Å². The highest BCUT2D eigenvalue weighted by atomic mass is 16.2. The molecule has 0 spiro atoms. The summed E-state index contributed by atoms with van der Waals surface area (Å²) < 4.78 is 0. The number of fused-ring (bicyclic) bond motifs is 1. The van der Waals surface area contributed by atoms with Gasteiger partial charge in [-0.1, -0.05) is 0 Å². The molecule has 3 heterocycles. The van der Waals surface area contributed by atoms with Crippen molar-refractivity contribution < 1.29 is 4.79 Å². The number of pyridine rings is 1. The summed E-state index contributed by atoms with van der Waals surface area (Å²) in [6.45, 7) is 2.87. The van der Waals surface area contributed by atoms with Crippen LogP contribution in [-0.2, 0) is 0 Å². The number of carbonyl (C=O) groups excluding carboxylic acids is 1. The Morgan fingerprint density at radius 1 is 1.44 bits per heavy atom. The van der Waals surface area contributed by atoms with E-state index in [4.69, 9.17) is 0 Å². The highest BCUT2D eigenvalue weighted by Gasteiger charge is 2.37. The van der Waals surface area contributed by atoms with Crippen molar-refractivity contribution in [3.05, 3.63) is 30.1 Å². The molecule has 2 saturated heterocycles. The number of hydrogen-bond acceptors (Lipinski definition) is 3. The fourth-order valence-corrected chi connectivity index (χ4v) is 2.48. The summed E-state index contributed by atoms with van der Waals surface area (Å²) in [5.74, 6) is 0.927. The minimum Gasteiger partial charge on any atom is -0.337 e. The maximum absolute atomic E-state index is 12.1. The number of likely N-dealkylation sites (tertiary alicyclic amines) is 1. The monoisotopic (exact) mass is 217 g/mol. The Kier molecular flexibility index (Phi) is 2.36. The zero-order chi connectivity index (χ0) is 11.0. The average Bonchev–Trinajstić information content (AvgIpc) is 2.31. The molecule has 3 rings (SSSR count). The first-order valence-corrected chi connectivity index (χ1v) is 5.77. The lowest BCUT2D eigenvalue weighted by molar-refractivity contribution is 0.0518. The molecule has 1 aromatic heterocycles. The molecule has 0 radical (unpaired) electrons. The van der Waals surface area contributed by atoms with Gasteiger partial charge in [0, 0.05) is 37.1 Å². The lowest BCUT2D eigenvalue weighted by atomic mass is 9.85. The quantitative estimate of drug-likeness (QED) is 0.745. The van der Waals surface area contributed by atoms with Gasteiger partial charge in [-0.15, -0.1) is 0 Å². The number of nitrogens with zero attached hydrogens (tertiary/aromatic N) is 2. The first-order valence-electron chi connectivity index (χ1n) is 5.77. The second-order valence-corrected chi connectivity index (χ2v) is 4.55. The van der Waals surface area contributed by atoms with Gasteiger partial charge < -0.3 is 10.2 Å². The van der Waals surface area contributed by atoms with Gasteiger partial charge in [0.25, 0.3) is 5.91 Å². The maximum Gasteiger partial charge on any atom is 0.254 e. The Morgan fingerprint density at radius 3 is 2.88 bits per heavy atom. The van der Waals surface area contributed by atoms with Gasteiger partial charge in [-0.3, -0.25) is 9.78 Å². The molecule has 16 heavy (non-hydrogen) atoms. The third kappa shape index (κ3) is 1.59. The molecule has 2 unspecified atom stereocenters. The van der Waals surface area contributed by atoms with Crippen molar-refractivity contribution in [3.8, 4) is 0 Å². The zero-order valence-corrected chi connectivity index (χ0v) is 9.10. The van der Waals surface area contributed by atoms with Crippen molar-refractivity contribution in [2.45, 2.75) is 12.5 Å². The van der Waals surface area contributed by atoms with E-state index in [1.165, 1.54) is 0 Å². The number of piperidine rings is 1. The average molecular weight is 217 g/mol. The predicted molar refractivity (Wildman–Crippen MR) is 60.0 cm³/mol. The lowest BCUT2D eigenvalue weighted by Gasteiger charge is -2.46. The van der Waals surface area contributed by atoms with Gasteiger partial charge >= 0.3 is 0 Å². The summed E-state index contributed by atoms with van der Waals surface area (Å²) in [7, 11) is 0. The smallest absolute Gasteiger partial charge is 0.254 e. The van der Waals surface area contributed by atoms with Crippen LogP contribution in [-0.4, -0.2) is 41.5 Å². The van der Waals surface area contributed by atoms with E-state index in [-0.39, 0.29) is 5.91 Å². The maximum atomic E-state index is 12.1. The van der Waals surface area contributed by atoms with Gasteiger partial charge in [0.15, 0.2) is 0 Å². The van der Waals surface area contributed by atoms with E-state index >= 15 is 0 Å². The number of rotatable bonds is 1. The van der Waals surface area contributed by atoms with Crippen molar-refractivity contribution in [2.24, 2.45) is 5.92 Å². The Hall–Kier alpha value is -1.42. The van der Waals surface area contributed by atoms with E-state index in [0.717, 1.165) is 37.5 Å². The molecule has 0 aromatic carbocycles. The Balaban J connectivity index is 1.71. The van der Waals surface area contributed by atoms with Crippen LogP contribution in [0.25, 0.3) is 0 Å². The van der Waals surface area contributed by atoms with Crippen LogP contribution in [0, 0.1) is 5.92 Å². The minimum atomic E-state index is 0.134. The van der Waals surface area contributed by atoms with Crippen LogP contribution in [0.1, 0.15) is 16.8 Å². The van der Waals surface area contributed by atoms with Gasteiger partial charge in [-0.05, 0) is 31.0 Å². The second-order valence-electron chi connectivity index (χ2n) is 4.55. The molecule has 1 amide bonds. The first-order chi connectivity index (χ1) is 7.84. The molecule has 4 nitrogen and oxygen atoms in total. The van der Waals surface area contributed by atoms with Gasteiger partial charge in [0.1, 0.15) is 0 Å². The van der Waals surface area contributed by atoms with E-state index in [1.807, 2.05) is 4.90 Å². The zero-order valence-electron chi connectivity index (χ0n) is 9.10.